The van der Waals surface area contributed by atoms with Gasteiger partial charge >= 0.3 is 0 Å². The Bertz CT molecular complexity index is 496. The van der Waals surface area contributed by atoms with E-state index in [9.17, 15) is 8.42 Å². The Kier molecular flexibility index (Phi) is 5.77. The van der Waals surface area contributed by atoms with E-state index in [1.54, 1.807) is 6.92 Å². The van der Waals surface area contributed by atoms with Crippen molar-refractivity contribution in [1.82, 2.24) is 14.5 Å². The van der Waals surface area contributed by atoms with E-state index in [4.69, 9.17) is 10.8 Å². The Labute approximate surface area is 113 Å². The van der Waals surface area contributed by atoms with E-state index in [2.05, 4.69) is 9.82 Å². The molecule has 0 saturated heterocycles. The van der Waals surface area contributed by atoms with Gasteiger partial charge in [-0.2, -0.15) is 5.10 Å². The maximum atomic E-state index is 12.0. The molecule has 0 aliphatic carbocycles. The van der Waals surface area contributed by atoms with Crippen LogP contribution in [0.4, 0.5) is 5.82 Å². The molecule has 0 amide bonds. The molecule has 0 aromatic carbocycles. The molecule has 0 saturated carbocycles. The van der Waals surface area contributed by atoms with E-state index in [-0.39, 0.29) is 17.3 Å². The van der Waals surface area contributed by atoms with Crippen LogP contribution in [0.15, 0.2) is 11.1 Å². The molecule has 1 aromatic rings. The normalized spacial score (nSPS) is 13.6. The average molecular weight is 290 g/mol. The number of sulfonamides is 1. The summed E-state index contributed by atoms with van der Waals surface area (Å²) >= 11 is 0. The Morgan fingerprint density at radius 2 is 2.26 bits per heavy atom. The summed E-state index contributed by atoms with van der Waals surface area (Å²) in [6.45, 7) is 4.54. The zero-order chi connectivity index (χ0) is 14.5. The number of rotatable bonds is 8. The van der Waals surface area contributed by atoms with Crippen molar-refractivity contribution in [2.75, 3.05) is 12.3 Å². The zero-order valence-electron chi connectivity index (χ0n) is 11.3. The van der Waals surface area contributed by atoms with Gasteiger partial charge in [-0.3, -0.25) is 4.68 Å². The highest BCUT2D eigenvalue weighted by Gasteiger charge is 2.20. The Hall–Kier alpha value is -1.12. The van der Waals surface area contributed by atoms with Crippen molar-refractivity contribution in [2.24, 2.45) is 0 Å². The van der Waals surface area contributed by atoms with Gasteiger partial charge in [0, 0.05) is 19.3 Å². The first-order chi connectivity index (χ1) is 8.86. The van der Waals surface area contributed by atoms with Crippen LogP contribution < -0.4 is 10.5 Å². The number of anilines is 1. The van der Waals surface area contributed by atoms with Crippen molar-refractivity contribution < 1.29 is 13.5 Å². The van der Waals surface area contributed by atoms with Gasteiger partial charge in [-0.15, -0.1) is 0 Å². The van der Waals surface area contributed by atoms with Crippen LogP contribution in [-0.2, 0) is 16.6 Å². The zero-order valence-corrected chi connectivity index (χ0v) is 12.2. The van der Waals surface area contributed by atoms with Crippen LogP contribution >= 0.6 is 0 Å². The molecule has 19 heavy (non-hydrogen) atoms. The van der Waals surface area contributed by atoms with Gasteiger partial charge in [-0.25, -0.2) is 13.1 Å². The predicted molar refractivity (Wildman–Crippen MR) is 73.0 cm³/mol. The number of nitrogens with one attached hydrogen (secondary N) is 1. The fourth-order valence-electron chi connectivity index (χ4n) is 1.65. The summed E-state index contributed by atoms with van der Waals surface area (Å²) in [5, 5.41) is 13.1. The molecule has 7 nitrogen and oxygen atoms in total. The molecule has 1 aromatic heterocycles. The summed E-state index contributed by atoms with van der Waals surface area (Å²) in [4.78, 5) is 0.0120. The molecule has 110 valence electrons. The van der Waals surface area contributed by atoms with Crippen molar-refractivity contribution in [3.05, 3.63) is 6.20 Å². The van der Waals surface area contributed by atoms with Gasteiger partial charge in [0.05, 0.1) is 6.10 Å². The van der Waals surface area contributed by atoms with E-state index in [1.165, 1.54) is 10.9 Å². The van der Waals surface area contributed by atoms with Gasteiger partial charge in [-0.1, -0.05) is 6.92 Å². The maximum absolute atomic E-state index is 12.0. The molecule has 0 spiro atoms. The summed E-state index contributed by atoms with van der Waals surface area (Å²) in [6.07, 6.45) is 2.98. The molecule has 8 heteroatoms. The second-order valence-electron chi connectivity index (χ2n) is 4.53. The number of hydrogen-bond acceptors (Lipinski definition) is 5. The first kappa shape index (κ1) is 15.9. The highest BCUT2D eigenvalue weighted by Crippen LogP contribution is 2.16. The first-order valence-electron chi connectivity index (χ1n) is 6.37. The van der Waals surface area contributed by atoms with E-state index in [0.717, 1.165) is 6.42 Å². The molecule has 0 aliphatic rings. The number of aliphatic hydroxyl groups excluding tert-OH is 1. The fraction of sp³-hybridized carbons (Fsp3) is 0.727. The van der Waals surface area contributed by atoms with Crippen LogP contribution in [0.5, 0.6) is 0 Å². The number of nitrogen functional groups attached to an aromatic ring is 1. The smallest absolute Gasteiger partial charge is 0.245 e. The van der Waals surface area contributed by atoms with Crippen LogP contribution in [0.25, 0.3) is 0 Å². The van der Waals surface area contributed by atoms with Gasteiger partial charge < -0.3 is 10.8 Å². The van der Waals surface area contributed by atoms with E-state index < -0.39 is 16.1 Å². The molecule has 1 atom stereocenters. The highest BCUT2D eigenvalue weighted by molar-refractivity contribution is 7.89. The summed E-state index contributed by atoms with van der Waals surface area (Å²) in [6, 6.07) is 0. The van der Waals surface area contributed by atoms with Crippen LogP contribution in [0.2, 0.25) is 0 Å². The van der Waals surface area contributed by atoms with Crippen LogP contribution in [0.3, 0.4) is 0 Å². The van der Waals surface area contributed by atoms with E-state index in [1.807, 2.05) is 6.92 Å². The quantitative estimate of drug-likeness (QED) is 0.597. The molecule has 0 aliphatic heterocycles. The number of aromatic nitrogens is 2. The number of hydrogen-bond donors (Lipinski definition) is 3. The lowest BCUT2D eigenvalue weighted by molar-refractivity contribution is 0.182. The number of aryl methyl sites for hydroxylation is 1. The van der Waals surface area contributed by atoms with Crippen LogP contribution in [0.1, 0.15) is 33.1 Å². The van der Waals surface area contributed by atoms with Crippen LogP contribution in [0, 0.1) is 0 Å². The van der Waals surface area contributed by atoms with Crippen molar-refractivity contribution in [1.29, 1.82) is 0 Å². The lowest BCUT2D eigenvalue weighted by Crippen LogP contribution is -2.25. The van der Waals surface area contributed by atoms with Gasteiger partial charge in [-0.05, 0) is 26.2 Å². The minimum Gasteiger partial charge on any atom is -0.393 e. The summed E-state index contributed by atoms with van der Waals surface area (Å²) < 4.78 is 28.0. The highest BCUT2D eigenvalue weighted by atomic mass is 32.2. The van der Waals surface area contributed by atoms with Gasteiger partial charge in [0.1, 0.15) is 4.90 Å². The number of nitrogens with two attached hydrogens (primary N) is 1. The third kappa shape index (κ3) is 4.81. The molecule has 1 rings (SSSR count). The average Bonchev–Trinajstić information content (AvgIpc) is 2.67. The Morgan fingerprint density at radius 1 is 1.58 bits per heavy atom. The molecule has 4 N–H and O–H groups in total. The predicted octanol–water partition coefficient (Wildman–Crippen LogP) is 0.315. The second kappa shape index (κ2) is 6.88. The number of nitrogens with zero attached hydrogens (tertiary/aromatic N) is 2. The second-order valence-corrected chi connectivity index (χ2v) is 6.27. The van der Waals surface area contributed by atoms with E-state index >= 15 is 0 Å². The third-order valence-electron chi connectivity index (χ3n) is 2.59. The summed E-state index contributed by atoms with van der Waals surface area (Å²) in [7, 11) is -3.63. The molecular weight excluding hydrogens is 268 g/mol. The maximum Gasteiger partial charge on any atom is 0.245 e. The largest absolute Gasteiger partial charge is 0.393 e. The summed E-state index contributed by atoms with van der Waals surface area (Å²) in [5.41, 5.74) is 5.62. The van der Waals surface area contributed by atoms with Gasteiger partial charge in [0.2, 0.25) is 10.0 Å². The van der Waals surface area contributed by atoms with Crippen molar-refractivity contribution in [3.63, 3.8) is 0 Å². The monoisotopic (exact) mass is 290 g/mol. The molecule has 0 radical (unpaired) electrons. The van der Waals surface area contributed by atoms with Crippen LogP contribution in [-0.4, -0.2) is 36.0 Å². The van der Waals surface area contributed by atoms with Crippen molar-refractivity contribution in [2.45, 2.75) is 50.7 Å². The minimum absolute atomic E-state index is 0.0106. The number of aliphatic hydroxyl groups is 1. The first-order valence-corrected chi connectivity index (χ1v) is 7.85. The Balaban J connectivity index is 2.66. The van der Waals surface area contributed by atoms with Gasteiger partial charge in [0.25, 0.3) is 0 Å². The molecule has 0 bridgehead atoms. The lowest BCUT2D eigenvalue weighted by atomic mass is 10.2. The standard InChI is InChI=1S/C11H22N4O3S/c1-3-7-15-8-10(11(12)14-15)19(17,18)13-6-4-5-9(2)16/h8-9,13,16H,3-7H2,1-2H3,(H2,12,14). The third-order valence-corrected chi connectivity index (χ3v) is 4.07. The van der Waals surface area contributed by atoms with E-state index in [0.29, 0.717) is 19.4 Å². The molecular formula is C11H22N4O3S. The molecule has 0 fully saturated rings. The van der Waals surface area contributed by atoms with Crippen molar-refractivity contribution in [3.8, 4) is 0 Å². The SMILES string of the molecule is CCCn1cc(S(=O)(=O)NCCCC(C)O)c(N)n1. The fourth-order valence-corrected chi connectivity index (χ4v) is 2.80. The summed E-state index contributed by atoms with van der Waals surface area (Å²) in [5.74, 6) is 0.0106. The minimum atomic E-state index is -3.63. The van der Waals surface area contributed by atoms with Gasteiger partial charge in [0.15, 0.2) is 5.82 Å². The Morgan fingerprint density at radius 3 is 2.84 bits per heavy atom. The molecule has 1 unspecified atom stereocenters. The van der Waals surface area contributed by atoms with Crippen molar-refractivity contribution >= 4 is 15.8 Å². The topological polar surface area (TPSA) is 110 Å². The lowest BCUT2D eigenvalue weighted by Gasteiger charge is -2.06. The molecule has 1 heterocycles.